The van der Waals surface area contributed by atoms with Crippen molar-refractivity contribution in [1.29, 1.82) is 0 Å². The fourth-order valence-corrected chi connectivity index (χ4v) is 4.26. The van der Waals surface area contributed by atoms with Crippen molar-refractivity contribution >= 4 is 21.8 Å². The van der Waals surface area contributed by atoms with E-state index in [2.05, 4.69) is 14.7 Å². The average Bonchev–Trinajstić information content (AvgIpc) is 2.71. The number of aryl methyl sites for hydroxylation is 1. The van der Waals surface area contributed by atoms with Crippen LogP contribution in [0.3, 0.4) is 0 Å². The Balaban J connectivity index is 1.66. The molecule has 0 aliphatic carbocycles. The summed E-state index contributed by atoms with van der Waals surface area (Å²) in [5.41, 5.74) is 1.20. The minimum atomic E-state index is -3.41. The lowest BCUT2D eigenvalue weighted by Crippen LogP contribution is -2.44. The Kier molecular flexibility index (Phi) is 6.84. The van der Waals surface area contributed by atoms with Gasteiger partial charge in [-0.1, -0.05) is 0 Å². The first kappa shape index (κ1) is 21.6. The monoisotopic (exact) mass is 423 g/mol. The molecule has 2 aliphatic heterocycles. The number of nitrogens with zero attached hydrogens (tertiary/aromatic N) is 4. The van der Waals surface area contributed by atoms with Gasteiger partial charge in [0.15, 0.2) is 0 Å². The second-order valence-corrected chi connectivity index (χ2v) is 9.69. The molecular weight excluding hydrogens is 394 g/mol. The highest BCUT2D eigenvalue weighted by atomic mass is 32.2. The molecule has 3 rings (SSSR count). The van der Waals surface area contributed by atoms with Crippen LogP contribution in [0, 0.1) is 6.92 Å². The zero-order chi connectivity index (χ0) is 21.0. The molecule has 1 aromatic rings. The average molecular weight is 424 g/mol. The van der Waals surface area contributed by atoms with E-state index in [-0.39, 0.29) is 24.3 Å². The number of amides is 2. The van der Waals surface area contributed by atoms with Crippen LogP contribution in [0.25, 0.3) is 0 Å². The van der Waals surface area contributed by atoms with Crippen LogP contribution < -0.4 is 4.72 Å². The quantitative estimate of drug-likeness (QED) is 0.745. The topological polar surface area (TPSA) is 113 Å². The van der Waals surface area contributed by atoms with Gasteiger partial charge in [-0.15, -0.1) is 0 Å². The summed E-state index contributed by atoms with van der Waals surface area (Å²) in [7, 11) is -3.41. The van der Waals surface area contributed by atoms with Crippen molar-refractivity contribution in [2.45, 2.75) is 44.9 Å². The van der Waals surface area contributed by atoms with Crippen molar-refractivity contribution in [2.24, 2.45) is 0 Å². The van der Waals surface area contributed by atoms with E-state index >= 15 is 0 Å². The standard InChI is InChI=1S/C19H29N5O4S/c1-14-16(19(26)23-8-4-3-5-9-23)11-20-18(22-14)15-7-6-10-24(13-15)17(25)12-21-29(2,27)28/h11,15,21H,3-10,12-13H2,1-2H3. The fourth-order valence-electron chi connectivity index (χ4n) is 3.88. The number of sulfonamides is 1. The maximum atomic E-state index is 12.7. The molecule has 10 heteroatoms. The molecule has 0 radical (unpaired) electrons. The molecule has 3 heterocycles. The number of aromatic nitrogens is 2. The SMILES string of the molecule is Cc1nc(C2CCCN(C(=O)CNS(C)(=O)=O)C2)ncc1C(=O)N1CCCCC1. The summed E-state index contributed by atoms with van der Waals surface area (Å²) in [4.78, 5) is 37.6. The van der Waals surface area contributed by atoms with E-state index in [4.69, 9.17) is 0 Å². The second-order valence-electron chi connectivity index (χ2n) is 7.85. The molecular formula is C19H29N5O4S. The molecule has 0 spiro atoms. The number of likely N-dealkylation sites (tertiary alicyclic amines) is 2. The molecule has 1 N–H and O–H groups in total. The largest absolute Gasteiger partial charge is 0.341 e. The molecule has 0 saturated carbocycles. The van der Waals surface area contributed by atoms with E-state index in [1.54, 1.807) is 11.1 Å². The molecule has 0 bridgehead atoms. The third-order valence-corrected chi connectivity index (χ3v) is 6.17. The first-order chi connectivity index (χ1) is 13.7. The lowest BCUT2D eigenvalue weighted by Gasteiger charge is -2.32. The summed E-state index contributed by atoms with van der Waals surface area (Å²) in [6, 6.07) is 0. The normalized spacial score (nSPS) is 20.6. The smallest absolute Gasteiger partial charge is 0.257 e. The summed E-state index contributed by atoms with van der Waals surface area (Å²) >= 11 is 0. The number of hydrogen-bond donors (Lipinski definition) is 1. The van der Waals surface area contributed by atoms with E-state index in [0.29, 0.717) is 30.2 Å². The Hall–Kier alpha value is -2.07. The van der Waals surface area contributed by atoms with Crippen molar-refractivity contribution in [3.8, 4) is 0 Å². The molecule has 29 heavy (non-hydrogen) atoms. The lowest BCUT2D eigenvalue weighted by molar-refractivity contribution is -0.131. The highest BCUT2D eigenvalue weighted by molar-refractivity contribution is 7.88. The Labute approximate surface area is 171 Å². The predicted molar refractivity (Wildman–Crippen MR) is 108 cm³/mol. The van der Waals surface area contributed by atoms with Crippen LogP contribution in [0.15, 0.2) is 6.20 Å². The number of piperidine rings is 2. The summed E-state index contributed by atoms with van der Waals surface area (Å²) in [6.45, 7) is 4.18. The van der Waals surface area contributed by atoms with Gasteiger partial charge in [0.1, 0.15) is 5.82 Å². The first-order valence-electron chi connectivity index (χ1n) is 10.1. The number of rotatable bonds is 5. The van der Waals surface area contributed by atoms with Gasteiger partial charge in [-0.25, -0.2) is 23.1 Å². The van der Waals surface area contributed by atoms with Gasteiger partial charge in [-0.3, -0.25) is 9.59 Å². The van der Waals surface area contributed by atoms with Gasteiger partial charge in [0, 0.05) is 38.3 Å². The summed E-state index contributed by atoms with van der Waals surface area (Å²) < 4.78 is 24.7. The van der Waals surface area contributed by atoms with Crippen LogP contribution in [0.1, 0.15) is 59.9 Å². The van der Waals surface area contributed by atoms with Crippen LogP contribution in [0.4, 0.5) is 0 Å². The summed E-state index contributed by atoms with van der Waals surface area (Å²) in [6.07, 6.45) is 7.51. The van der Waals surface area contributed by atoms with Gasteiger partial charge in [-0.05, 0) is 39.0 Å². The van der Waals surface area contributed by atoms with Crippen LogP contribution in [-0.4, -0.2) is 79.0 Å². The number of hydrogen-bond acceptors (Lipinski definition) is 6. The molecule has 2 amide bonds. The molecule has 2 fully saturated rings. The zero-order valence-electron chi connectivity index (χ0n) is 17.1. The Morgan fingerprint density at radius 1 is 1.14 bits per heavy atom. The molecule has 1 aromatic heterocycles. The predicted octanol–water partition coefficient (Wildman–Crippen LogP) is 0.666. The van der Waals surface area contributed by atoms with Crippen molar-refractivity contribution in [2.75, 3.05) is 39.0 Å². The van der Waals surface area contributed by atoms with Gasteiger partial charge >= 0.3 is 0 Å². The molecule has 1 atom stereocenters. The second kappa shape index (κ2) is 9.17. The maximum absolute atomic E-state index is 12.7. The van der Waals surface area contributed by atoms with Gasteiger partial charge in [0.05, 0.1) is 24.1 Å². The minimum absolute atomic E-state index is 0.0129. The van der Waals surface area contributed by atoms with Gasteiger partial charge in [-0.2, -0.15) is 0 Å². The van der Waals surface area contributed by atoms with E-state index < -0.39 is 10.0 Å². The van der Waals surface area contributed by atoms with Crippen LogP contribution in [0.5, 0.6) is 0 Å². The number of carbonyl (C=O) groups excluding carboxylic acids is 2. The summed E-state index contributed by atoms with van der Waals surface area (Å²) in [5, 5.41) is 0. The maximum Gasteiger partial charge on any atom is 0.257 e. The van der Waals surface area contributed by atoms with Crippen molar-refractivity contribution < 1.29 is 18.0 Å². The molecule has 0 aromatic carbocycles. The van der Waals surface area contributed by atoms with Gasteiger partial charge in [0.2, 0.25) is 15.9 Å². The highest BCUT2D eigenvalue weighted by Crippen LogP contribution is 2.25. The van der Waals surface area contributed by atoms with Crippen molar-refractivity contribution in [3.05, 3.63) is 23.3 Å². The number of nitrogens with one attached hydrogen (secondary N) is 1. The van der Waals surface area contributed by atoms with E-state index in [9.17, 15) is 18.0 Å². The third-order valence-electron chi connectivity index (χ3n) is 5.50. The van der Waals surface area contributed by atoms with E-state index in [0.717, 1.165) is 51.4 Å². The van der Waals surface area contributed by atoms with Crippen LogP contribution >= 0.6 is 0 Å². The van der Waals surface area contributed by atoms with E-state index in [1.165, 1.54) is 0 Å². The van der Waals surface area contributed by atoms with E-state index in [1.807, 2.05) is 11.8 Å². The zero-order valence-corrected chi connectivity index (χ0v) is 17.9. The van der Waals surface area contributed by atoms with Crippen LogP contribution in [-0.2, 0) is 14.8 Å². The molecule has 160 valence electrons. The fraction of sp³-hybridized carbons (Fsp3) is 0.684. The highest BCUT2D eigenvalue weighted by Gasteiger charge is 2.28. The van der Waals surface area contributed by atoms with Crippen LogP contribution in [0.2, 0.25) is 0 Å². The minimum Gasteiger partial charge on any atom is -0.341 e. The van der Waals surface area contributed by atoms with Crippen molar-refractivity contribution in [3.63, 3.8) is 0 Å². The molecule has 2 aliphatic rings. The lowest BCUT2D eigenvalue weighted by atomic mass is 9.96. The third kappa shape index (κ3) is 5.72. The molecule has 2 saturated heterocycles. The molecule has 1 unspecified atom stereocenters. The summed E-state index contributed by atoms with van der Waals surface area (Å²) in [5.74, 6) is 0.338. The first-order valence-corrected chi connectivity index (χ1v) is 12.0. The molecule has 9 nitrogen and oxygen atoms in total. The van der Waals surface area contributed by atoms with Crippen molar-refractivity contribution in [1.82, 2.24) is 24.5 Å². The Bertz CT molecular complexity index is 867. The van der Waals surface area contributed by atoms with Gasteiger partial charge in [0.25, 0.3) is 5.91 Å². The Morgan fingerprint density at radius 3 is 2.48 bits per heavy atom. The number of carbonyl (C=O) groups is 2. The Morgan fingerprint density at radius 2 is 1.83 bits per heavy atom. The van der Waals surface area contributed by atoms with Gasteiger partial charge < -0.3 is 9.80 Å².